The maximum absolute atomic E-state index is 5.30. The zero-order valence-electron chi connectivity index (χ0n) is 10.8. The van der Waals surface area contributed by atoms with Gasteiger partial charge < -0.3 is 14.0 Å². The summed E-state index contributed by atoms with van der Waals surface area (Å²) in [4.78, 5) is 4.53. The van der Waals surface area contributed by atoms with Crippen LogP contribution in [0.3, 0.4) is 0 Å². The monoisotopic (exact) mass is 310 g/mol. The molecule has 0 aliphatic rings. The first-order valence-electron chi connectivity index (χ1n) is 5.49. The summed E-state index contributed by atoms with van der Waals surface area (Å²) in [6.45, 7) is 1.97. The van der Waals surface area contributed by atoms with E-state index in [2.05, 4.69) is 20.9 Å². The van der Waals surface area contributed by atoms with Crippen molar-refractivity contribution in [3.8, 4) is 22.8 Å². The van der Waals surface area contributed by atoms with E-state index in [0.717, 1.165) is 21.7 Å². The lowest BCUT2D eigenvalue weighted by atomic mass is 10.1. The number of benzene rings is 1. The van der Waals surface area contributed by atoms with Crippen LogP contribution in [0.25, 0.3) is 11.3 Å². The number of hydrogen-bond acceptors (Lipinski definition) is 3. The summed E-state index contributed by atoms with van der Waals surface area (Å²) in [6, 6.07) is 5.77. The molecule has 2 rings (SSSR count). The van der Waals surface area contributed by atoms with Gasteiger partial charge >= 0.3 is 0 Å². The number of rotatable bonds is 3. The Morgan fingerprint density at radius 1 is 1.17 bits per heavy atom. The average molecular weight is 311 g/mol. The van der Waals surface area contributed by atoms with E-state index in [1.165, 1.54) is 0 Å². The van der Waals surface area contributed by atoms with Crippen LogP contribution in [0.1, 0.15) is 5.82 Å². The maximum Gasteiger partial charge on any atom is 0.161 e. The highest BCUT2D eigenvalue weighted by Crippen LogP contribution is 2.34. The minimum absolute atomic E-state index is 0.699. The lowest BCUT2D eigenvalue weighted by Gasteiger charge is -2.08. The van der Waals surface area contributed by atoms with Crippen LogP contribution in [0.5, 0.6) is 11.5 Å². The minimum Gasteiger partial charge on any atom is -0.493 e. The van der Waals surface area contributed by atoms with Gasteiger partial charge in [-0.2, -0.15) is 0 Å². The molecule has 0 bridgehead atoms. The van der Waals surface area contributed by atoms with E-state index in [1.54, 1.807) is 14.2 Å². The third kappa shape index (κ3) is 2.10. The predicted octanol–water partition coefficient (Wildman–Crippen LogP) is 3.18. The van der Waals surface area contributed by atoms with Crippen LogP contribution < -0.4 is 9.47 Å². The Hall–Kier alpha value is -1.49. The molecule has 0 unspecified atom stereocenters. The molecule has 1 aromatic carbocycles. The maximum atomic E-state index is 5.30. The van der Waals surface area contributed by atoms with Gasteiger partial charge in [-0.05, 0) is 41.1 Å². The highest BCUT2D eigenvalue weighted by Gasteiger charge is 2.14. The predicted molar refractivity (Wildman–Crippen MR) is 74.2 cm³/mol. The van der Waals surface area contributed by atoms with Crippen molar-refractivity contribution in [1.82, 2.24) is 9.55 Å². The van der Waals surface area contributed by atoms with E-state index >= 15 is 0 Å². The molecule has 0 N–H and O–H groups in total. The molecule has 96 valence electrons. The normalized spacial score (nSPS) is 10.5. The molecule has 1 heterocycles. The number of aryl methyl sites for hydroxylation is 1. The van der Waals surface area contributed by atoms with Crippen molar-refractivity contribution >= 4 is 15.9 Å². The summed E-state index contributed by atoms with van der Waals surface area (Å²) >= 11 is 3.55. The number of methoxy groups -OCH3 is 2. The molecule has 0 fully saturated rings. The van der Waals surface area contributed by atoms with Gasteiger partial charge in [-0.25, -0.2) is 4.98 Å². The fourth-order valence-corrected chi connectivity index (χ4v) is 2.33. The second-order valence-corrected chi connectivity index (χ2v) is 4.68. The van der Waals surface area contributed by atoms with Gasteiger partial charge in [-0.3, -0.25) is 0 Å². The fourth-order valence-electron chi connectivity index (χ4n) is 1.75. The van der Waals surface area contributed by atoms with E-state index in [0.29, 0.717) is 11.5 Å². The number of imidazole rings is 1. The van der Waals surface area contributed by atoms with E-state index in [1.807, 2.05) is 36.7 Å². The summed E-state index contributed by atoms with van der Waals surface area (Å²) in [6.07, 6.45) is 0. The van der Waals surface area contributed by atoms with Crippen LogP contribution in [-0.2, 0) is 7.05 Å². The second-order valence-electron chi connectivity index (χ2n) is 3.93. The van der Waals surface area contributed by atoms with Crippen molar-refractivity contribution in [2.75, 3.05) is 14.2 Å². The van der Waals surface area contributed by atoms with Crippen molar-refractivity contribution in [2.24, 2.45) is 7.05 Å². The number of nitrogens with zero attached hydrogens (tertiary/aromatic N) is 2. The quantitative estimate of drug-likeness (QED) is 0.873. The van der Waals surface area contributed by atoms with Crippen molar-refractivity contribution < 1.29 is 9.47 Å². The van der Waals surface area contributed by atoms with E-state index < -0.39 is 0 Å². The van der Waals surface area contributed by atoms with Crippen LogP contribution >= 0.6 is 15.9 Å². The van der Waals surface area contributed by atoms with Crippen molar-refractivity contribution in [2.45, 2.75) is 6.92 Å². The third-order valence-corrected chi connectivity index (χ3v) is 3.81. The van der Waals surface area contributed by atoms with Gasteiger partial charge in [-0.1, -0.05) is 0 Å². The summed E-state index contributed by atoms with van der Waals surface area (Å²) < 4.78 is 13.5. The molecule has 1 aromatic heterocycles. The molecule has 4 nitrogen and oxygen atoms in total. The molecule has 0 atom stereocenters. The molecule has 0 aliphatic heterocycles. The standard InChI is InChI=1S/C13H15BrN2O2/c1-8-15-12(13(14)16(8)2)9-5-6-10(17-3)11(7-9)18-4/h5-7H,1-4H3. The molecule has 0 saturated heterocycles. The second kappa shape index (κ2) is 5.02. The summed E-state index contributed by atoms with van der Waals surface area (Å²) in [5.41, 5.74) is 1.89. The summed E-state index contributed by atoms with van der Waals surface area (Å²) in [7, 11) is 5.22. The Morgan fingerprint density at radius 3 is 2.33 bits per heavy atom. The number of aromatic nitrogens is 2. The van der Waals surface area contributed by atoms with Crippen molar-refractivity contribution in [1.29, 1.82) is 0 Å². The third-order valence-electron chi connectivity index (χ3n) is 2.91. The molecule has 0 amide bonds. The van der Waals surface area contributed by atoms with Crippen LogP contribution in [0.15, 0.2) is 22.8 Å². The Morgan fingerprint density at radius 2 is 1.83 bits per heavy atom. The minimum atomic E-state index is 0.699. The van der Waals surface area contributed by atoms with Crippen molar-refractivity contribution in [3.63, 3.8) is 0 Å². The summed E-state index contributed by atoms with van der Waals surface area (Å²) in [5, 5.41) is 0. The summed E-state index contributed by atoms with van der Waals surface area (Å²) in [5.74, 6) is 2.36. The first kappa shape index (κ1) is 13.0. The van der Waals surface area contributed by atoms with Crippen LogP contribution in [0.2, 0.25) is 0 Å². The highest BCUT2D eigenvalue weighted by molar-refractivity contribution is 9.10. The molecular formula is C13H15BrN2O2. The van der Waals surface area contributed by atoms with Gasteiger partial charge in [0.25, 0.3) is 0 Å². The van der Waals surface area contributed by atoms with Gasteiger partial charge in [0.1, 0.15) is 16.1 Å². The van der Waals surface area contributed by atoms with Gasteiger partial charge in [0.05, 0.1) is 14.2 Å². The number of hydrogen-bond donors (Lipinski definition) is 0. The molecule has 0 aliphatic carbocycles. The smallest absolute Gasteiger partial charge is 0.161 e. The molecule has 5 heteroatoms. The van der Waals surface area contributed by atoms with Crippen molar-refractivity contribution in [3.05, 3.63) is 28.6 Å². The number of ether oxygens (including phenoxy) is 2. The number of halogens is 1. The Balaban J connectivity index is 2.54. The van der Waals surface area contributed by atoms with Gasteiger partial charge in [0.15, 0.2) is 11.5 Å². The Bertz CT molecular complexity index is 579. The SMILES string of the molecule is COc1ccc(-c2nc(C)n(C)c2Br)cc1OC. The molecular weight excluding hydrogens is 296 g/mol. The first-order chi connectivity index (χ1) is 8.58. The van der Waals surface area contributed by atoms with Crippen LogP contribution in [-0.4, -0.2) is 23.8 Å². The topological polar surface area (TPSA) is 36.3 Å². The zero-order valence-corrected chi connectivity index (χ0v) is 12.4. The highest BCUT2D eigenvalue weighted by atomic mass is 79.9. The lowest BCUT2D eigenvalue weighted by molar-refractivity contribution is 0.355. The fraction of sp³-hybridized carbons (Fsp3) is 0.308. The van der Waals surface area contributed by atoms with E-state index in [4.69, 9.17) is 9.47 Å². The zero-order chi connectivity index (χ0) is 13.3. The van der Waals surface area contributed by atoms with Gasteiger partial charge in [0.2, 0.25) is 0 Å². The molecule has 0 spiro atoms. The molecule has 18 heavy (non-hydrogen) atoms. The van der Waals surface area contributed by atoms with Crippen LogP contribution in [0.4, 0.5) is 0 Å². The molecule has 0 radical (unpaired) electrons. The van der Waals surface area contributed by atoms with Gasteiger partial charge in [-0.15, -0.1) is 0 Å². The molecule has 0 saturated carbocycles. The van der Waals surface area contributed by atoms with E-state index in [9.17, 15) is 0 Å². The first-order valence-corrected chi connectivity index (χ1v) is 6.29. The largest absolute Gasteiger partial charge is 0.493 e. The van der Waals surface area contributed by atoms with Gasteiger partial charge in [0, 0.05) is 12.6 Å². The molecule has 2 aromatic rings. The lowest BCUT2D eigenvalue weighted by Crippen LogP contribution is -1.91. The Kier molecular flexibility index (Phi) is 3.61. The average Bonchev–Trinajstić information content (AvgIpc) is 2.65. The van der Waals surface area contributed by atoms with E-state index in [-0.39, 0.29) is 0 Å². The Labute approximate surface area is 115 Å². The van der Waals surface area contributed by atoms with Crippen LogP contribution in [0, 0.1) is 6.92 Å².